The molecule has 0 spiro atoms. The van der Waals surface area contributed by atoms with Gasteiger partial charge in [-0.25, -0.2) is 9.31 Å². The van der Waals surface area contributed by atoms with Gasteiger partial charge in [-0.2, -0.15) is 5.10 Å². The standard InChI is InChI=1S/C19H26N2O3/c1-18(2,3)24-17(22)16-10-15-7-6-14(12-21(15)20-16)13-8-9-23-19(4,5)11-13/h6-7,10,12-13H,8-9,11H2,1-5H3. The molecule has 0 aromatic carbocycles. The Morgan fingerprint density at radius 1 is 1.38 bits per heavy atom. The first-order valence-electron chi connectivity index (χ1n) is 8.50. The number of carbonyl (C=O) groups excluding carboxylic acids is 1. The average molecular weight is 330 g/mol. The van der Waals surface area contributed by atoms with Crippen LogP contribution in [0.4, 0.5) is 0 Å². The molecule has 0 aliphatic carbocycles. The molecular formula is C19H26N2O3. The molecular weight excluding hydrogens is 304 g/mol. The SMILES string of the molecule is CC(C)(C)OC(=O)c1cc2ccc(C3CCOC(C)(C)C3)cn2n1. The van der Waals surface area contributed by atoms with Crippen molar-refractivity contribution in [3.05, 3.63) is 35.7 Å². The zero-order valence-corrected chi connectivity index (χ0v) is 15.1. The fourth-order valence-electron chi connectivity index (χ4n) is 3.19. The quantitative estimate of drug-likeness (QED) is 0.782. The minimum atomic E-state index is -0.522. The topological polar surface area (TPSA) is 52.8 Å². The third-order valence-corrected chi connectivity index (χ3v) is 4.26. The Hall–Kier alpha value is -1.88. The van der Waals surface area contributed by atoms with Crippen molar-refractivity contribution in [2.24, 2.45) is 0 Å². The molecule has 0 bridgehead atoms. The maximum absolute atomic E-state index is 12.2. The van der Waals surface area contributed by atoms with Crippen LogP contribution in [0.25, 0.3) is 5.52 Å². The van der Waals surface area contributed by atoms with Crippen molar-refractivity contribution in [1.29, 1.82) is 0 Å². The lowest BCUT2D eigenvalue weighted by atomic mass is 9.84. The molecule has 1 saturated heterocycles. The van der Waals surface area contributed by atoms with Gasteiger partial charge in [-0.15, -0.1) is 0 Å². The van der Waals surface area contributed by atoms with Crippen molar-refractivity contribution in [3.8, 4) is 0 Å². The van der Waals surface area contributed by atoms with Crippen LogP contribution in [0.15, 0.2) is 24.4 Å². The van der Waals surface area contributed by atoms with Gasteiger partial charge in [-0.1, -0.05) is 6.07 Å². The monoisotopic (exact) mass is 330 g/mol. The molecule has 1 unspecified atom stereocenters. The number of hydrogen-bond donors (Lipinski definition) is 0. The molecule has 24 heavy (non-hydrogen) atoms. The zero-order valence-electron chi connectivity index (χ0n) is 15.1. The molecule has 1 fully saturated rings. The number of fused-ring (bicyclic) bond motifs is 1. The number of ether oxygens (including phenoxy) is 2. The molecule has 2 aromatic rings. The molecule has 0 radical (unpaired) electrons. The van der Waals surface area contributed by atoms with E-state index in [1.807, 2.05) is 33.0 Å². The van der Waals surface area contributed by atoms with E-state index in [2.05, 4.69) is 25.0 Å². The Balaban J connectivity index is 1.85. The summed E-state index contributed by atoms with van der Waals surface area (Å²) in [7, 11) is 0. The summed E-state index contributed by atoms with van der Waals surface area (Å²) in [6, 6.07) is 5.91. The number of carbonyl (C=O) groups is 1. The summed E-state index contributed by atoms with van der Waals surface area (Å²) in [4.78, 5) is 12.2. The smallest absolute Gasteiger partial charge is 0.359 e. The van der Waals surface area contributed by atoms with E-state index in [1.165, 1.54) is 5.56 Å². The van der Waals surface area contributed by atoms with Crippen LogP contribution in [-0.2, 0) is 9.47 Å². The molecule has 130 valence electrons. The van der Waals surface area contributed by atoms with Gasteiger partial charge in [0.1, 0.15) is 5.60 Å². The van der Waals surface area contributed by atoms with Gasteiger partial charge in [-0.3, -0.25) is 0 Å². The lowest BCUT2D eigenvalue weighted by Gasteiger charge is -2.35. The van der Waals surface area contributed by atoms with E-state index in [0.717, 1.165) is 25.0 Å². The summed E-state index contributed by atoms with van der Waals surface area (Å²) in [6.07, 6.45) is 4.02. The molecule has 0 amide bonds. The summed E-state index contributed by atoms with van der Waals surface area (Å²) in [5.74, 6) is 0.0623. The van der Waals surface area contributed by atoms with E-state index in [9.17, 15) is 4.79 Å². The first kappa shape index (κ1) is 17.0. The van der Waals surface area contributed by atoms with E-state index in [1.54, 1.807) is 10.6 Å². The van der Waals surface area contributed by atoms with E-state index in [0.29, 0.717) is 11.6 Å². The summed E-state index contributed by atoms with van der Waals surface area (Å²) >= 11 is 0. The van der Waals surface area contributed by atoms with Gasteiger partial charge >= 0.3 is 5.97 Å². The van der Waals surface area contributed by atoms with Crippen LogP contribution in [0.3, 0.4) is 0 Å². The van der Waals surface area contributed by atoms with Gasteiger partial charge in [0, 0.05) is 12.8 Å². The highest BCUT2D eigenvalue weighted by Gasteiger charge is 2.30. The minimum Gasteiger partial charge on any atom is -0.455 e. The number of hydrogen-bond acceptors (Lipinski definition) is 4. The van der Waals surface area contributed by atoms with E-state index in [4.69, 9.17) is 9.47 Å². The Morgan fingerprint density at radius 2 is 2.12 bits per heavy atom. The van der Waals surface area contributed by atoms with Gasteiger partial charge in [-0.05, 0) is 71.1 Å². The van der Waals surface area contributed by atoms with Crippen molar-refractivity contribution >= 4 is 11.5 Å². The first-order valence-corrected chi connectivity index (χ1v) is 8.50. The Morgan fingerprint density at radius 3 is 2.79 bits per heavy atom. The van der Waals surface area contributed by atoms with E-state index >= 15 is 0 Å². The molecule has 5 nitrogen and oxygen atoms in total. The highest BCUT2D eigenvalue weighted by atomic mass is 16.6. The predicted molar refractivity (Wildman–Crippen MR) is 92.4 cm³/mol. The van der Waals surface area contributed by atoms with Crippen LogP contribution in [0.2, 0.25) is 0 Å². The fraction of sp³-hybridized carbons (Fsp3) is 0.579. The third-order valence-electron chi connectivity index (χ3n) is 4.26. The lowest BCUT2D eigenvalue weighted by Crippen LogP contribution is -2.33. The van der Waals surface area contributed by atoms with Gasteiger partial charge in [0.05, 0.1) is 11.1 Å². The van der Waals surface area contributed by atoms with Crippen molar-refractivity contribution in [3.63, 3.8) is 0 Å². The van der Waals surface area contributed by atoms with Crippen LogP contribution >= 0.6 is 0 Å². The Kier molecular flexibility index (Phi) is 4.16. The summed E-state index contributed by atoms with van der Waals surface area (Å²) < 4.78 is 13.0. The minimum absolute atomic E-state index is 0.0936. The van der Waals surface area contributed by atoms with Crippen LogP contribution in [0, 0.1) is 0 Å². The van der Waals surface area contributed by atoms with Gasteiger partial charge < -0.3 is 9.47 Å². The van der Waals surface area contributed by atoms with Crippen molar-refractivity contribution in [2.75, 3.05) is 6.61 Å². The number of nitrogens with zero attached hydrogens (tertiary/aromatic N) is 2. The number of rotatable bonds is 2. The second kappa shape index (κ2) is 5.88. The largest absolute Gasteiger partial charge is 0.455 e. The predicted octanol–water partition coefficient (Wildman–Crippen LogP) is 3.96. The highest BCUT2D eigenvalue weighted by molar-refractivity contribution is 5.89. The van der Waals surface area contributed by atoms with Crippen molar-refractivity contribution in [1.82, 2.24) is 9.61 Å². The van der Waals surface area contributed by atoms with E-state index < -0.39 is 5.60 Å². The van der Waals surface area contributed by atoms with Gasteiger partial charge in [0.2, 0.25) is 0 Å². The maximum Gasteiger partial charge on any atom is 0.359 e. The molecule has 1 atom stereocenters. The van der Waals surface area contributed by atoms with Crippen molar-refractivity contribution in [2.45, 2.75) is 64.6 Å². The molecule has 5 heteroatoms. The van der Waals surface area contributed by atoms with Gasteiger partial charge in [0.25, 0.3) is 0 Å². The van der Waals surface area contributed by atoms with E-state index in [-0.39, 0.29) is 11.6 Å². The normalized spacial score (nSPS) is 21.0. The molecule has 3 heterocycles. The van der Waals surface area contributed by atoms with Crippen LogP contribution in [0.5, 0.6) is 0 Å². The maximum atomic E-state index is 12.2. The Bertz CT molecular complexity index is 756. The fourth-order valence-corrected chi connectivity index (χ4v) is 3.19. The molecule has 3 rings (SSSR count). The molecule has 2 aromatic heterocycles. The Labute approximate surface area is 142 Å². The molecule has 0 N–H and O–H groups in total. The van der Waals surface area contributed by atoms with Crippen LogP contribution in [-0.4, -0.2) is 33.4 Å². The molecule has 0 saturated carbocycles. The van der Waals surface area contributed by atoms with Crippen LogP contribution in [0.1, 0.15) is 69.4 Å². The number of esters is 1. The second-order valence-electron chi connectivity index (χ2n) is 8.16. The second-order valence-corrected chi connectivity index (χ2v) is 8.16. The van der Waals surface area contributed by atoms with Gasteiger partial charge in [0.15, 0.2) is 5.69 Å². The summed E-state index contributed by atoms with van der Waals surface area (Å²) in [6.45, 7) is 10.6. The zero-order chi connectivity index (χ0) is 17.5. The third kappa shape index (κ3) is 3.78. The first-order chi connectivity index (χ1) is 11.1. The van der Waals surface area contributed by atoms with Crippen molar-refractivity contribution < 1.29 is 14.3 Å². The molecule has 1 aliphatic rings. The number of aromatic nitrogens is 2. The molecule has 1 aliphatic heterocycles. The average Bonchev–Trinajstić information content (AvgIpc) is 2.87. The summed E-state index contributed by atoms with van der Waals surface area (Å²) in [5, 5.41) is 4.40. The highest BCUT2D eigenvalue weighted by Crippen LogP contribution is 2.35. The number of pyridine rings is 1. The lowest BCUT2D eigenvalue weighted by molar-refractivity contribution is -0.0593. The summed E-state index contributed by atoms with van der Waals surface area (Å²) in [5.41, 5.74) is 1.85. The van der Waals surface area contributed by atoms with Crippen LogP contribution < -0.4 is 0 Å².